The summed E-state index contributed by atoms with van der Waals surface area (Å²) in [5, 5.41) is 2.81. The van der Waals surface area contributed by atoms with E-state index in [2.05, 4.69) is 5.32 Å². The zero-order valence-electron chi connectivity index (χ0n) is 15.9. The smallest absolute Gasteiger partial charge is 0.342 e. The molecule has 124 valence electrons. The Bertz CT molecular complexity index is 534. The fraction of sp³-hybridized carbons (Fsp3) is 0.714. The van der Waals surface area contributed by atoms with E-state index in [1.165, 1.54) is 7.05 Å². The summed E-state index contributed by atoms with van der Waals surface area (Å²) in [5.74, 6) is -2.85. The lowest BCUT2D eigenvalue weighted by Gasteiger charge is -2.22. The highest BCUT2D eigenvalue weighted by atomic mass is 16.7. The molecule has 8 heteroatoms. The molecule has 0 aromatic carbocycles. The van der Waals surface area contributed by atoms with Crippen LogP contribution in [0.4, 0.5) is 0 Å². The highest BCUT2D eigenvalue weighted by Gasteiger charge is 2.35. The van der Waals surface area contributed by atoms with Gasteiger partial charge in [-0.2, -0.15) is 0 Å². The second kappa shape index (κ2) is 7.88. The number of nitrogens with one attached hydrogen (secondary N) is 1. The number of carbonyl (C=O) groups is 4. The molecule has 0 aromatic heterocycles. The molecule has 1 heterocycles. The molecule has 0 aliphatic carbocycles. The molecule has 1 aliphatic rings. The van der Waals surface area contributed by atoms with E-state index in [1.807, 2.05) is 13.8 Å². The summed E-state index contributed by atoms with van der Waals surface area (Å²) < 4.78 is 21.6. The van der Waals surface area contributed by atoms with Crippen molar-refractivity contribution >= 4 is 23.7 Å². The van der Waals surface area contributed by atoms with Gasteiger partial charge in [-0.15, -0.1) is 5.06 Å². The molecule has 1 unspecified atom stereocenters. The zero-order valence-corrected chi connectivity index (χ0v) is 12.9. The number of hydrogen-bond donors (Lipinski definition) is 1. The molecule has 0 spiro atoms. The van der Waals surface area contributed by atoms with Gasteiger partial charge in [-0.3, -0.25) is 14.4 Å². The topological polar surface area (TPSA) is 96.0 Å². The number of likely N-dealkylation sites (N-methyl/N-ethyl adjacent to an activating group) is 1. The van der Waals surface area contributed by atoms with Crippen LogP contribution in [0.15, 0.2) is 0 Å². The fourth-order valence-electron chi connectivity index (χ4n) is 1.95. The molecule has 1 saturated heterocycles. The van der Waals surface area contributed by atoms with Crippen molar-refractivity contribution in [1.82, 2.24) is 15.3 Å². The predicted octanol–water partition coefficient (Wildman–Crippen LogP) is -0.314. The number of rotatable bonds is 7. The minimum absolute atomic E-state index is 0.00294. The van der Waals surface area contributed by atoms with E-state index < -0.39 is 43.3 Å². The van der Waals surface area contributed by atoms with Gasteiger partial charge in [-0.1, -0.05) is 13.8 Å². The number of hydrogen-bond acceptors (Lipinski definition) is 6. The van der Waals surface area contributed by atoms with Gasteiger partial charge in [0.15, 0.2) is 0 Å². The number of nitrogens with zero attached hydrogens (tertiary/aromatic N) is 2. The third kappa shape index (κ3) is 5.44. The van der Waals surface area contributed by atoms with Gasteiger partial charge in [0, 0.05) is 17.0 Å². The van der Waals surface area contributed by atoms with Crippen molar-refractivity contribution in [1.29, 1.82) is 0 Å². The predicted molar refractivity (Wildman–Crippen MR) is 77.1 cm³/mol. The van der Waals surface area contributed by atoms with Crippen molar-refractivity contribution in [3.05, 3.63) is 0 Å². The Hall–Kier alpha value is -1.96. The van der Waals surface area contributed by atoms with Gasteiger partial charge in [0.2, 0.25) is 5.91 Å². The standard InChI is InChI=1S/C14H23N3O5/c1-9(2)7-10(15-11(18)8-16(3)4)14(21)22-17-12(19)5-6-13(17)20/h9-10H,5-8H2,1-4H3,(H,15,18)/i3+1D3. The van der Waals surface area contributed by atoms with Gasteiger partial charge in [0.05, 0.1) is 6.54 Å². The van der Waals surface area contributed by atoms with Crippen molar-refractivity contribution in [3.8, 4) is 0 Å². The lowest BCUT2D eigenvalue weighted by atomic mass is 10.0. The minimum Gasteiger partial charge on any atom is -0.342 e. The van der Waals surface area contributed by atoms with E-state index in [0.717, 1.165) is 4.90 Å². The molecule has 1 rings (SSSR count). The van der Waals surface area contributed by atoms with Gasteiger partial charge >= 0.3 is 5.97 Å². The molecular formula is C14H23N3O5. The summed E-state index contributed by atoms with van der Waals surface area (Å²) in [6.45, 7) is 0.736. The molecule has 0 saturated carbocycles. The van der Waals surface area contributed by atoms with E-state index in [4.69, 9.17) is 8.95 Å². The number of carbonyl (C=O) groups excluding carboxylic acids is 4. The molecule has 22 heavy (non-hydrogen) atoms. The summed E-state index contributed by atoms with van der Waals surface area (Å²) in [6.07, 6.45) is 0.145. The molecule has 0 aromatic rings. The number of amides is 3. The van der Waals surface area contributed by atoms with E-state index in [9.17, 15) is 19.2 Å². The van der Waals surface area contributed by atoms with Gasteiger partial charge in [-0.25, -0.2) is 4.79 Å². The van der Waals surface area contributed by atoms with Crippen LogP contribution in [0.25, 0.3) is 0 Å². The van der Waals surface area contributed by atoms with Crippen LogP contribution < -0.4 is 5.32 Å². The first kappa shape index (κ1) is 13.7. The second-order valence-corrected chi connectivity index (χ2v) is 5.60. The quantitative estimate of drug-likeness (QED) is 0.511. The van der Waals surface area contributed by atoms with Crippen LogP contribution >= 0.6 is 0 Å². The average Bonchev–Trinajstić information content (AvgIpc) is 2.76. The Kier molecular flexibility index (Phi) is 4.90. The maximum Gasteiger partial charge on any atom is 0.355 e. The summed E-state index contributed by atoms with van der Waals surface area (Å²) in [5.41, 5.74) is 0. The first-order valence-corrected chi connectivity index (χ1v) is 7.00. The van der Waals surface area contributed by atoms with Crippen LogP contribution in [0.3, 0.4) is 0 Å². The summed E-state index contributed by atoms with van der Waals surface area (Å²) in [7, 11) is 1.25. The zero-order chi connectivity index (χ0) is 19.4. The lowest BCUT2D eigenvalue weighted by molar-refractivity contribution is -0.199. The van der Waals surface area contributed by atoms with Crippen LogP contribution in [-0.4, -0.2) is 60.3 Å². The second-order valence-electron chi connectivity index (χ2n) is 5.60. The molecule has 8 nitrogen and oxygen atoms in total. The van der Waals surface area contributed by atoms with E-state index in [0.29, 0.717) is 5.06 Å². The van der Waals surface area contributed by atoms with Gasteiger partial charge in [-0.05, 0) is 26.4 Å². The van der Waals surface area contributed by atoms with Crippen LogP contribution in [0.1, 0.15) is 37.2 Å². The molecule has 1 aliphatic heterocycles. The van der Waals surface area contributed by atoms with Crippen LogP contribution in [0, 0.1) is 5.92 Å². The Balaban J connectivity index is 2.72. The maximum atomic E-state index is 12.2. The van der Waals surface area contributed by atoms with Gasteiger partial charge < -0.3 is 15.1 Å². The molecular weight excluding hydrogens is 291 g/mol. The first-order chi connectivity index (χ1) is 11.4. The van der Waals surface area contributed by atoms with E-state index >= 15 is 0 Å². The Morgan fingerprint density at radius 1 is 1.36 bits per heavy atom. The molecule has 0 bridgehead atoms. The molecule has 1 N–H and O–H groups in total. The Labute approximate surface area is 133 Å². The summed E-state index contributed by atoms with van der Waals surface area (Å²) in [4.78, 5) is 53.0. The highest BCUT2D eigenvalue weighted by Crippen LogP contribution is 2.14. The minimum atomic E-state index is -2.44. The Morgan fingerprint density at radius 3 is 2.45 bits per heavy atom. The average molecular weight is 317 g/mol. The number of imide groups is 1. The first-order valence-electron chi connectivity index (χ1n) is 8.50. The maximum absolute atomic E-state index is 12.2. The highest BCUT2D eigenvalue weighted by molar-refractivity contribution is 6.01. The van der Waals surface area contributed by atoms with Gasteiger partial charge in [0.25, 0.3) is 11.8 Å². The van der Waals surface area contributed by atoms with Crippen molar-refractivity contribution in [2.24, 2.45) is 5.92 Å². The Morgan fingerprint density at radius 2 is 1.95 bits per heavy atom. The third-order valence-electron chi connectivity index (χ3n) is 2.89. The monoisotopic (exact) mass is 317 g/mol. The lowest BCUT2D eigenvalue weighted by Crippen LogP contribution is -2.48. The van der Waals surface area contributed by atoms with Crippen molar-refractivity contribution < 1.29 is 28.1 Å². The normalized spacial score (nSPS) is 19.0. The van der Waals surface area contributed by atoms with Gasteiger partial charge in [0.1, 0.15) is 6.04 Å². The fourth-order valence-corrected chi connectivity index (χ4v) is 1.95. The van der Waals surface area contributed by atoms with Crippen LogP contribution in [-0.2, 0) is 24.0 Å². The van der Waals surface area contributed by atoms with Crippen LogP contribution in [0.2, 0.25) is 0 Å². The largest absolute Gasteiger partial charge is 0.355 e. The molecule has 0 radical (unpaired) electrons. The van der Waals surface area contributed by atoms with Crippen molar-refractivity contribution in [2.75, 3.05) is 20.6 Å². The van der Waals surface area contributed by atoms with E-state index in [-0.39, 0.29) is 25.2 Å². The third-order valence-corrected chi connectivity index (χ3v) is 2.89. The SMILES string of the molecule is [2H][13C]([2H])([2H])N(C)CC(=O)NC(CC(C)C)C(=O)ON1C(=O)CCC1=O. The van der Waals surface area contributed by atoms with E-state index in [1.54, 1.807) is 0 Å². The molecule has 3 amide bonds. The van der Waals surface area contributed by atoms with Crippen LogP contribution in [0.5, 0.6) is 0 Å². The van der Waals surface area contributed by atoms with Crippen molar-refractivity contribution in [3.63, 3.8) is 0 Å². The molecule has 1 atom stereocenters. The number of hydroxylamine groups is 2. The molecule has 1 fully saturated rings. The summed E-state index contributed by atoms with van der Waals surface area (Å²) in [6, 6.07) is -1.10. The summed E-state index contributed by atoms with van der Waals surface area (Å²) >= 11 is 0. The van der Waals surface area contributed by atoms with Crippen molar-refractivity contribution in [2.45, 2.75) is 39.2 Å².